The average molecular weight is 273 g/mol. The molecule has 0 atom stereocenters. The minimum absolute atomic E-state index is 0.275. The maximum Gasteiger partial charge on any atom is 0.238 e. The second-order valence-electron chi connectivity index (χ2n) is 5.02. The third-order valence-corrected chi connectivity index (χ3v) is 3.16. The maximum absolute atomic E-state index is 13.0. The van der Waals surface area contributed by atoms with Gasteiger partial charge in [0.25, 0.3) is 0 Å². The van der Waals surface area contributed by atoms with Gasteiger partial charge in [-0.3, -0.25) is 4.98 Å². The zero-order chi connectivity index (χ0) is 13.9. The van der Waals surface area contributed by atoms with E-state index in [4.69, 9.17) is 4.74 Å². The van der Waals surface area contributed by atoms with Crippen LogP contribution in [0.2, 0.25) is 0 Å². The molecule has 3 rings (SSSR count). The highest BCUT2D eigenvalue weighted by Crippen LogP contribution is 2.24. The Kier molecular flexibility index (Phi) is 3.60. The summed E-state index contributed by atoms with van der Waals surface area (Å²) in [6, 6.07) is 5.03. The lowest BCUT2D eigenvalue weighted by Gasteiger charge is -2.09. The molecule has 104 valence electrons. The van der Waals surface area contributed by atoms with Gasteiger partial charge in [-0.1, -0.05) is 0 Å². The molecule has 4 nitrogen and oxygen atoms in total. The monoisotopic (exact) mass is 273 g/mol. The van der Waals surface area contributed by atoms with Gasteiger partial charge in [0.15, 0.2) is 0 Å². The maximum atomic E-state index is 13.0. The number of aryl methyl sites for hydroxylation is 1. The molecule has 0 radical (unpaired) electrons. The van der Waals surface area contributed by atoms with Crippen LogP contribution in [0.3, 0.4) is 0 Å². The van der Waals surface area contributed by atoms with Crippen molar-refractivity contribution in [3.63, 3.8) is 0 Å². The molecule has 0 saturated heterocycles. The number of hydrogen-bond acceptors (Lipinski definition) is 4. The second-order valence-corrected chi connectivity index (χ2v) is 5.02. The Morgan fingerprint density at radius 3 is 2.95 bits per heavy atom. The van der Waals surface area contributed by atoms with Crippen LogP contribution in [0, 0.1) is 12.7 Å². The Balaban J connectivity index is 1.70. The summed E-state index contributed by atoms with van der Waals surface area (Å²) < 4.78 is 18.7. The lowest BCUT2D eigenvalue weighted by atomic mass is 10.2. The first-order valence-corrected chi connectivity index (χ1v) is 6.69. The minimum Gasteiger partial charge on any atom is -0.437 e. The Labute approximate surface area is 117 Å². The molecular weight excluding hydrogens is 257 g/mol. The van der Waals surface area contributed by atoms with Crippen LogP contribution in [-0.4, -0.2) is 16.0 Å². The molecule has 0 aliphatic heterocycles. The topological polar surface area (TPSA) is 47.0 Å². The molecule has 1 saturated carbocycles. The summed E-state index contributed by atoms with van der Waals surface area (Å²) in [5.41, 5.74) is 1.57. The van der Waals surface area contributed by atoms with E-state index in [9.17, 15) is 4.39 Å². The van der Waals surface area contributed by atoms with E-state index in [2.05, 4.69) is 15.3 Å². The van der Waals surface area contributed by atoms with Gasteiger partial charge in [-0.2, -0.15) is 0 Å². The Morgan fingerprint density at radius 1 is 1.35 bits per heavy atom. The van der Waals surface area contributed by atoms with Gasteiger partial charge in [-0.05, 0) is 43.5 Å². The number of aromatic nitrogens is 2. The second kappa shape index (κ2) is 5.54. The van der Waals surface area contributed by atoms with Crippen LogP contribution < -0.4 is 10.1 Å². The molecule has 0 bridgehead atoms. The molecule has 1 aromatic heterocycles. The average Bonchev–Trinajstić information content (AvgIpc) is 3.24. The van der Waals surface area contributed by atoms with E-state index in [1.165, 1.54) is 25.0 Å². The van der Waals surface area contributed by atoms with Crippen LogP contribution in [0.15, 0.2) is 30.6 Å². The van der Waals surface area contributed by atoms with Crippen molar-refractivity contribution in [3.8, 4) is 11.6 Å². The summed E-state index contributed by atoms with van der Waals surface area (Å²) in [6.07, 6.45) is 5.75. The fourth-order valence-corrected chi connectivity index (χ4v) is 1.90. The third kappa shape index (κ3) is 3.30. The summed E-state index contributed by atoms with van der Waals surface area (Å²) >= 11 is 0. The van der Waals surface area contributed by atoms with Gasteiger partial charge in [0.05, 0.1) is 11.9 Å². The molecule has 0 amide bonds. The number of benzene rings is 1. The van der Waals surface area contributed by atoms with Gasteiger partial charge < -0.3 is 10.1 Å². The molecule has 1 aromatic carbocycles. The van der Waals surface area contributed by atoms with E-state index >= 15 is 0 Å². The molecule has 1 fully saturated rings. The highest BCUT2D eigenvalue weighted by atomic mass is 19.1. The van der Waals surface area contributed by atoms with Crippen LogP contribution in [0.5, 0.6) is 11.6 Å². The zero-order valence-electron chi connectivity index (χ0n) is 11.3. The number of ether oxygens (including phenoxy) is 1. The molecule has 1 aliphatic rings. The first kappa shape index (κ1) is 13.0. The quantitative estimate of drug-likeness (QED) is 0.909. The fourth-order valence-electron chi connectivity index (χ4n) is 1.90. The molecule has 5 heteroatoms. The highest BCUT2D eigenvalue weighted by molar-refractivity contribution is 5.35. The van der Waals surface area contributed by atoms with Crippen LogP contribution in [0.25, 0.3) is 0 Å². The SMILES string of the molecule is Cc1cc(F)ccc1Oc1cncc(CNC2CC2)n1. The van der Waals surface area contributed by atoms with Gasteiger partial charge in [-0.15, -0.1) is 0 Å². The summed E-state index contributed by atoms with van der Waals surface area (Å²) in [5, 5.41) is 3.38. The Bertz CT molecular complexity index is 614. The van der Waals surface area contributed by atoms with Crippen molar-refractivity contribution in [2.24, 2.45) is 0 Å². The van der Waals surface area contributed by atoms with Crippen molar-refractivity contribution < 1.29 is 9.13 Å². The molecule has 1 heterocycles. The van der Waals surface area contributed by atoms with Crippen LogP contribution >= 0.6 is 0 Å². The largest absolute Gasteiger partial charge is 0.437 e. The van der Waals surface area contributed by atoms with E-state index in [0.29, 0.717) is 24.2 Å². The molecule has 0 spiro atoms. The van der Waals surface area contributed by atoms with E-state index in [-0.39, 0.29) is 5.82 Å². The molecular formula is C15H16FN3O. The van der Waals surface area contributed by atoms with Crippen molar-refractivity contribution >= 4 is 0 Å². The number of halogens is 1. The van der Waals surface area contributed by atoms with Gasteiger partial charge in [0.1, 0.15) is 11.6 Å². The Hall–Kier alpha value is -2.01. The minimum atomic E-state index is -0.275. The normalized spacial score (nSPS) is 14.3. The number of nitrogens with one attached hydrogen (secondary N) is 1. The number of rotatable bonds is 5. The third-order valence-electron chi connectivity index (χ3n) is 3.16. The zero-order valence-corrected chi connectivity index (χ0v) is 11.3. The highest BCUT2D eigenvalue weighted by Gasteiger charge is 2.20. The molecule has 2 aromatic rings. The predicted octanol–water partition coefficient (Wildman–Crippen LogP) is 2.97. The lowest BCUT2D eigenvalue weighted by molar-refractivity contribution is 0.451. The van der Waals surface area contributed by atoms with Gasteiger partial charge in [0.2, 0.25) is 5.88 Å². The summed E-state index contributed by atoms with van der Waals surface area (Å²) in [7, 11) is 0. The Morgan fingerprint density at radius 2 is 2.20 bits per heavy atom. The van der Waals surface area contributed by atoms with Gasteiger partial charge >= 0.3 is 0 Å². The van der Waals surface area contributed by atoms with Crippen LogP contribution in [-0.2, 0) is 6.54 Å². The van der Waals surface area contributed by atoms with Gasteiger partial charge in [0, 0.05) is 18.8 Å². The van der Waals surface area contributed by atoms with Crippen LogP contribution in [0.4, 0.5) is 4.39 Å². The van der Waals surface area contributed by atoms with Crippen molar-refractivity contribution in [3.05, 3.63) is 47.7 Å². The van der Waals surface area contributed by atoms with Crippen molar-refractivity contribution in [2.75, 3.05) is 0 Å². The molecule has 20 heavy (non-hydrogen) atoms. The number of nitrogens with zero attached hydrogens (tertiary/aromatic N) is 2. The molecule has 0 unspecified atom stereocenters. The molecule has 1 N–H and O–H groups in total. The first-order valence-electron chi connectivity index (χ1n) is 6.69. The predicted molar refractivity (Wildman–Crippen MR) is 73.1 cm³/mol. The first-order chi connectivity index (χ1) is 9.70. The summed E-state index contributed by atoms with van der Waals surface area (Å²) in [6.45, 7) is 2.49. The van der Waals surface area contributed by atoms with E-state index in [1.54, 1.807) is 25.4 Å². The van der Waals surface area contributed by atoms with Crippen LogP contribution in [0.1, 0.15) is 24.1 Å². The summed E-state index contributed by atoms with van der Waals surface area (Å²) in [4.78, 5) is 8.52. The smallest absolute Gasteiger partial charge is 0.238 e. The van der Waals surface area contributed by atoms with E-state index in [1.807, 2.05) is 0 Å². The van der Waals surface area contributed by atoms with Crippen molar-refractivity contribution in [2.45, 2.75) is 32.4 Å². The van der Waals surface area contributed by atoms with E-state index in [0.717, 1.165) is 11.3 Å². The number of hydrogen-bond donors (Lipinski definition) is 1. The van der Waals surface area contributed by atoms with Crippen molar-refractivity contribution in [1.29, 1.82) is 0 Å². The van der Waals surface area contributed by atoms with Crippen molar-refractivity contribution in [1.82, 2.24) is 15.3 Å². The molecule has 1 aliphatic carbocycles. The standard InChI is InChI=1S/C15H16FN3O/c1-10-6-11(16)2-5-14(10)20-15-9-17-7-13(19-15)8-18-12-3-4-12/h2,5-7,9,12,18H,3-4,8H2,1H3. The lowest BCUT2D eigenvalue weighted by Crippen LogP contribution is -2.16. The van der Waals surface area contributed by atoms with E-state index < -0.39 is 0 Å². The van der Waals surface area contributed by atoms with Gasteiger partial charge in [-0.25, -0.2) is 9.37 Å². The fraction of sp³-hybridized carbons (Fsp3) is 0.333. The summed E-state index contributed by atoms with van der Waals surface area (Å²) in [5.74, 6) is 0.742.